The molecule has 180 valence electrons. The minimum absolute atomic E-state index is 0.129. The van der Waals surface area contributed by atoms with E-state index in [4.69, 9.17) is 27.9 Å². The average Bonchev–Trinajstić information content (AvgIpc) is 2.90. The topological polar surface area (TPSA) is 105 Å². The number of imide groups is 1. The van der Waals surface area contributed by atoms with Gasteiger partial charge in [0.2, 0.25) is 0 Å². The highest BCUT2D eigenvalue weighted by atomic mass is 35.5. The fraction of sp³-hybridized carbons (Fsp3) is 0.565. The summed E-state index contributed by atoms with van der Waals surface area (Å²) in [6, 6.07) is 3.90. The van der Waals surface area contributed by atoms with Crippen LogP contribution in [-0.2, 0) is 19.1 Å². The van der Waals surface area contributed by atoms with Gasteiger partial charge in [-0.3, -0.25) is 19.3 Å². The highest BCUT2D eigenvalue weighted by molar-refractivity contribution is 6.35. The molecule has 2 fully saturated rings. The van der Waals surface area contributed by atoms with E-state index >= 15 is 0 Å². The summed E-state index contributed by atoms with van der Waals surface area (Å²) < 4.78 is 5.15. The van der Waals surface area contributed by atoms with Crippen LogP contribution in [0.5, 0.6) is 0 Å². The third-order valence-electron chi connectivity index (χ3n) is 6.40. The number of amides is 4. The van der Waals surface area contributed by atoms with Crippen LogP contribution in [0.25, 0.3) is 0 Å². The zero-order chi connectivity index (χ0) is 24.6. The lowest BCUT2D eigenvalue weighted by Gasteiger charge is -2.40. The van der Waals surface area contributed by atoms with Gasteiger partial charge in [0.15, 0.2) is 6.10 Å². The molecule has 1 spiro atoms. The summed E-state index contributed by atoms with van der Waals surface area (Å²) in [4.78, 5) is 51.2. The molecule has 4 amide bonds. The Morgan fingerprint density at radius 1 is 1.18 bits per heavy atom. The van der Waals surface area contributed by atoms with Crippen molar-refractivity contribution in [2.75, 3.05) is 11.9 Å². The Bertz CT molecular complexity index is 947. The molecule has 2 aliphatic rings. The van der Waals surface area contributed by atoms with Crippen molar-refractivity contribution in [3.8, 4) is 0 Å². The van der Waals surface area contributed by atoms with Crippen LogP contribution in [0.4, 0.5) is 10.5 Å². The second-order valence-electron chi connectivity index (χ2n) is 9.82. The van der Waals surface area contributed by atoms with Gasteiger partial charge in [-0.05, 0) is 62.1 Å². The van der Waals surface area contributed by atoms with Crippen LogP contribution in [-0.4, -0.2) is 46.9 Å². The van der Waals surface area contributed by atoms with Crippen molar-refractivity contribution in [2.45, 2.75) is 65.0 Å². The molecule has 8 nitrogen and oxygen atoms in total. The van der Waals surface area contributed by atoms with E-state index in [0.29, 0.717) is 34.5 Å². The largest absolute Gasteiger partial charge is 0.451 e. The second-order valence-corrected chi connectivity index (χ2v) is 10.7. The van der Waals surface area contributed by atoms with E-state index in [1.54, 1.807) is 0 Å². The Morgan fingerprint density at radius 2 is 1.76 bits per heavy atom. The number of hydrogen-bond acceptors (Lipinski definition) is 5. The summed E-state index contributed by atoms with van der Waals surface area (Å²) in [5.74, 6) is -1.41. The second kappa shape index (κ2) is 9.50. The number of nitrogens with one attached hydrogen (secondary N) is 2. The molecule has 1 aliphatic carbocycles. The first-order valence-electron chi connectivity index (χ1n) is 10.9. The first-order valence-corrected chi connectivity index (χ1v) is 11.7. The van der Waals surface area contributed by atoms with Crippen LogP contribution >= 0.6 is 23.2 Å². The fourth-order valence-electron chi connectivity index (χ4n) is 4.42. The maximum atomic E-state index is 13.0. The van der Waals surface area contributed by atoms with Crippen LogP contribution in [0.1, 0.15) is 53.4 Å². The predicted molar refractivity (Wildman–Crippen MR) is 125 cm³/mol. The van der Waals surface area contributed by atoms with Gasteiger partial charge in [0.25, 0.3) is 11.8 Å². The highest BCUT2D eigenvalue weighted by Gasteiger charge is 2.53. The van der Waals surface area contributed by atoms with E-state index in [-0.39, 0.29) is 5.41 Å². The van der Waals surface area contributed by atoms with Gasteiger partial charge < -0.3 is 15.4 Å². The summed E-state index contributed by atoms with van der Waals surface area (Å²) >= 11 is 11.8. The number of benzene rings is 1. The molecule has 0 bridgehead atoms. The molecule has 1 saturated carbocycles. The number of carbonyl (C=O) groups excluding carboxylic acids is 4. The SMILES string of the molecule is CC(OC(=O)CN1C(=O)NC2(CCC(C(C)(C)C)CC2)C1=O)C(=O)Nc1cc(Cl)cc(Cl)c1. The van der Waals surface area contributed by atoms with Crippen molar-refractivity contribution in [3.63, 3.8) is 0 Å². The molecule has 33 heavy (non-hydrogen) atoms. The van der Waals surface area contributed by atoms with Gasteiger partial charge in [0.05, 0.1) is 0 Å². The number of carbonyl (C=O) groups is 4. The Balaban J connectivity index is 1.56. The minimum atomic E-state index is -1.16. The highest BCUT2D eigenvalue weighted by Crippen LogP contribution is 2.43. The molecule has 1 aromatic carbocycles. The van der Waals surface area contributed by atoms with Gasteiger partial charge >= 0.3 is 12.0 Å². The van der Waals surface area contributed by atoms with Gasteiger partial charge in [0, 0.05) is 15.7 Å². The predicted octanol–water partition coefficient (Wildman–Crippen LogP) is 4.39. The molecule has 1 heterocycles. The molecule has 1 atom stereocenters. The third kappa shape index (κ3) is 5.79. The Hall–Kier alpha value is -2.32. The number of urea groups is 1. The lowest BCUT2D eigenvalue weighted by Crippen LogP contribution is -2.50. The summed E-state index contributed by atoms with van der Waals surface area (Å²) in [7, 11) is 0. The third-order valence-corrected chi connectivity index (χ3v) is 6.84. The van der Waals surface area contributed by atoms with Crippen molar-refractivity contribution < 1.29 is 23.9 Å². The number of nitrogens with zero attached hydrogens (tertiary/aromatic N) is 1. The van der Waals surface area contributed by atoms with E-state index in [1.165, 1.54) is 25.1 Å². The van der Waals surface area contributed by atoms with Crippen LogP contribution < -0.4 is 10.6 Å². The maximum absolute atomic E-state index is 13.0. The zero-order valence-corrected chi connectivity index (χ0v) is 20.7. The first-order chi connectivity index (χ1) is 15.3. The number of esters is 1. The number of hydrogen-bond donors (Lipinski definition) is 2. The van der Waals surface area contributed by atoms with Crippen LogP contribution in [0, 0.1) is 11.3 Å². The molecule has 1 aliphatic heterocycles. The lowest BCUT2D eigenvalue weighted by molar-refractivity contribution is -0.155. The maximum Gasteiger partial charge on any atom is 0.327 e. The average molecular weight is 498 g/mol. The summed E-state index contributed by atoms with van der Waals surface area (Å²) in [5.41, 5.74) is -0.486. The Labute approximate surface area is 203 Å². The van der Waals surface area contributed by atoms with Crippen molar-refractivity contribution in [1.82, 2.24) is 10.2 Å². The van der Waals surface area contributed by atoms with Crippen molar-refractivity contribution in [3.05, 3.63) is 28.2 Å². The van der Waals surface area contributed by atoms with Crippen LogP contribution in [0.2, 0.25) is 10.0 Å². The van der Waals surface area contributed by atoms with E-state index in [1.807, 2.05) is 0 Å². The number of ether oxygens (including phenoxy) is 1. The van der Waals surface area contributed by atoms with Crippen LogP contribution in [0.15, 0.2) is 18.2 Å². The zero-order valence-electron chi connectivity index (χ0n) is 19.2. The van der Waals surface area contributed by atoms with E-state index in [2.05, 4.69) is 31.4 Å². The molecular formula is C23H29Cl2N3O5. The molecule has 10 heteroatoms. The smallest absolute Gasteiger partial charge is 0.327 e. The minimum Gasteiger partial charge on any atom is -0.451 e. The van der Waals surface area contributed by atoms with Gasteiger partial charge in [-0.25, -0.2) is 4.79 Å². The molecule has 0 radical (unpaired) electrons. The van der Waals surface area contributed by atoms with Crippen molar-refractivity contribution >= 4 is 52.7 Å². The fourth-order valence-corrected chi connectivity index (χ4v) is 4.95. The molecule has 0 aromatic heterocycles. The molecule has 3 rings (SSSR count). The standard InChI is InChI=1S/C23H29Cl2N3O5/c1-13(19(30)26-17-10-15(24)9-16(25)11-17)33-18(29)12-28-20(31)23(27-21(28)32)7-5-14(6-8-23)22(2,3)4/h9-11,13-14H,5-8,12H2,1-4H3,(H,26,30)(H,27,32). The molecule has 1 aromatic rings. The Kier molecular flexibility index (Phi) is 7.29. The first kappa shape index (κ1) is 25.3. The molecular weight excluding hydrogens is 469 g/mol. The summed E-state index contributed by atoms with van der Waals surface area (Å²) in [5, 5.41) is 6.03. The normalized spacial score (nSPS) is 23.9. The van der Waals surface area contributed by atoms with Crippen LogP contribution in [0.3, 0.4) is 0 Å². The van der Waals surface area contributed by atoms with E-state index in [9.17, 15) is 19.2 Å². The quantitative estimate of drug-likeness (QED) is 0.463. The lowest BCUT2D eigenvalue weighted by atomic mass is 9.67. The van der Waals surface area contributed by atoms with Crippen molar-refractivity contribution in [2.24, 2.45) is 11.3 Å². The molecule has 1 unspecified atom stereocenters. The number of anilines is 1. The van der Waals surface area contributed by atoms with Gasteiger partial charge in [-0.15, -0.1) is 0 Å². The van der Waals surface area contributed by atoms with Gasteiger partial charge in [0.1, 0.15) is 12.1 Å². The van der Waals surface area contributed by atoms with Gasteiger partial charge in [-0.1, -0.05) is 44.0 Å². The number of halogens is 2. The monoisotopic (exact) mass is 497 g/mol. The van der Waals surface area contributed by atoms with E-state index in [0.717, 1.165) is 17.7 Å². The van der Waals surface area contributed by atoms with Crippen molar-refractivity contribution in [1.29, 1.82) is 0 Å². The summed E-state index contributed by atoms with van der Waals surface area (Å²) in [6.07, 6.45) is 1.54. The Morgan fingerprint density at radius 3 is 2.30 bits per heavy atom. The number of rotatable bonds is 5. The van der Waals surface area contributed by atoms with E-state index < -0.39 is 42.0 Å². The molecule has 2 N–H and O–H groups in total. The van der Waals surface area contributed by atoms with Gasteiger partial charge in [-0.2, -0.15) is 0 Å². The summed E-state index contributed by atoms with van der Waals surface area (Å²) in [6.45, 7) is 7.35. The molecule has 1 saturated heterocycles.